The first-order valence-corrected chi connectivity index (χ1v) is 13.6. The maximum atomic E-state index is 14.0. The zero-order valence-electron chi connectivity index (χ0n) is 22.8. The maximum Gasteiger partial charge on any atom is 0.315 e. The number of benzene rings is 4. The Morgan fingerprint density at radius 3 is 2.29 bits per heavy atom. The molecule has 7 heteroatoms. The molecule has 7 nitrogen and oxygen atoms in total. The summed E-state index contributed by atoms with van der Waals surface area (Å²) in [6.45, 7) is 2.88. The van der Waals surface area contributed by atoms with E-state index in [1.807, 2.05) is 79.7 Å². The molecule has 6 rings (SSSR count). The Labute approximate surface area is 238 Å². The molecule has 0 radical (unpaired) electrons. The van der Waals surface area contributed by atoms with Gasteiger partial charge in [0.05, 0.1) is 18.9 Å². The Kier molecular flexibility index (Phi) is 7.10. The van der Waals surface area contributed by atoms with Gasteiger partial charge in [0, 0.05) is 17.4 Å². The van der Waals surface area contributed by atoms with Crippen molar-refractivity contribution in [3.8, 4) is 34.1 Å². The number of carbonyl (C=O) groups excluding carboxylic acids is 1. The highest BCUT2D eigenvalue weighted by Gasteiger charge is 2.60. The van der Waals surface area contributed by atoms with Gasteiger partial charge in [0.15, 0.2) is 11.5 Å². The monoisotopic (exact) mass is 550 g/mol. The van der Waals surface area contributed by atoms with E-state index in [0.717, 1.165) is 22.3 Å². The molecule has 0 aromatic heterocycles. The second-order valence-corrected chi connectivity index (χ2v) is 10.3. The molecule has 0 bridgehead atoms. The number of para-hydroxylation sites is 2. The lowest BCUT2D eigenvalue weighted by molar-refractivity contribution is -0.158. The molecule has 1 fully saturated rings. The molecule has 0 saturated heterocycles. The van der Waals surface area contributed by atoms with Gasteiger partial charge in [-0.25, -0.2) is 0 Å². The maximum absolute atomic E-state index is 14.0. The molecule has 1 aliphatic heterocycles. The number of carbonyl (C=O) groups is 2. The molecule has 1 aliphatic carbocycles. The predicted molar refractivity (Wildman–Crippen MR) is 153 cm³/mol. The largest absolute Gasteiger partial charge is 0.496 e. The van der Waals surface area contributed by atoms with Crippen LogP contribution in [0.4, 0.5) is 0 Å². The summed E-state index contributed by atoms with van der Waals surface area (Å²) in [7, 11) is 1.54. The number of aryl methyl sites for hydroxylation is 1. The van der Waals surface area contributed by atoms with Gasteiger partial charge >= 0.3 is 11.9 Å². The van der Waals surface area contributed by atoms with E-state index in [4.69, 9.17) is 18.9 Å². The second kappa shape index (κ2) is 11.0. The molecular formula is C34H30O7. The summed E-state index contributed by atoms with van der Waals surface area (Å²) in [6.07, 6.45) is 0. The van der Waals surface area contributed by atoms with E-state index in [9.17, 15) is 14.7 Å². The van der Waals surface area contributed by atoms with Gasteiger partial charge in [0.1, 0.15) is 24.7 Å². The van der Waals surface area contributed by atoms with Crippen LogP contribution in [0.3, 0.4) is 0 Å². The van der Waals surface area contributed by atoms with Crippen LogP contribution >= 0.6 is 0 Å². The van der Waals surface area contributed by atoms with Crippen LogP contribution in [0.2, 0.25) is 0 Å². The van der Waals surface area contributed by atoms with E-state index in [-0.39, 0.29) is 0 Å². The second-order valence-electron chi connectivity index (χ2n) is 10.3. The standard InChI is InChI=1S/C34H30O7/c1-20-9-3-4-12-23(20)28-30(33(35)36)29(25-13-5-6-15-26(25)38-2)31(28)34(37)41-22-11-7-10-21(19-22)24-14-8-16-27-32(24)40-18-17-39-27/h3-16,19,28-31H,17-18H2,1-2H3,(H,35,36)/t28-,29-,30-,31+/m0/s1. The predicted octanol–water partition coefficient (Wildman–Crippen LogP) is 6.25. The van der Waals surface area contributed by atoms with Gasteiger partial charge in [-0.2, -0.15) is 0 Å². The van der Waals surface area contributed by atoms with Crippen molar-refractivity contribution in [2.24, 2.45) is 11.8 Å². The summed E-state index contributed by atoms with van der Waals surface area (Å²) >= 11 is 0. The molecule has 1 N–H and O–H groups in total. The normalized spacial score (nSPS) is 20.9. The van der Waals surface area contributed by atoms with Gasteiger partial charge in [-0.15, -0.1) is 0 Å². The SMILES string of the molecule is COc1ccccc1[C@@H]1[C@H](C(=O)Oc2cccc(-c3cccc4c3OCCO4)c2)[C@@H](c2ccccc2C)[C@@H]1C(=O)O. The number of fused-ring (bicyclic) bond motifs is 1. The molecule has 0 amide bonds. The minimum atomic E-state index is -0.962. The van der Waals surface area contributed by atoms with Crippen molar-refractivity contribution in [3.05, 3.63) is 108 Å². The molecule has 0 unspecified atom stereocenters. The summed E-state index contributed by atoms with van der Waals surface area (Å²) < 4.78 is 23.2. The van der Waals surface area contributed by atoms with Crippen molar-refractivity contribution in [1.82, 2.24) is 0 Å². The molecule has 1 heterocycles. The van der Waals surface area contributed by atoms with Crippen molar-refractivity contribution in [1.29, 1.82) is 0 Å². The number of rotatable bonds is 7. The van der Waals surface area contributed by atoms with Crippen LogP contribution in [-0.2, 0) is 9.59 Å². The van der Waals surface area contributed by atoms with E-state index in [0.29, 0.717) is 41.8 Å². The number of hydrogen-bond acceptors (Lipinski definition) is 6. The van der Waals surface area contributed by atoms with E-state index in [1.165, 1.54) is 0 Å². The van der Waals surface area contributed by atoms with Gasteiger partial charge in [0.2, 0.25) is 0 Å². The lowest BCUT2D eigenvalue weighted by Gasteiger charge is -2.49. The Morgan fingerprint density at radius 1 is 0.805 bits per heavy atom. The fourth-order valence-electron chi connectivity index (χ4n) is 6.24. The minimum absolute atomic E-state index is 0.364. The first kappa shape index (κ1) is 26.4. The Morgan fingerprint density at radius 2 is 1.51 bits per heavy atom. The number of carboxylic acid groups (broad SMARTS) is 1. The van der Waals surface area contributed by atoms with Crippen LogP contribution in [0.25, 0.3) is 11.1 Å². The summed E-state index contributed by atoms with van der Waals surface area (Å²) in [5.74, 6) is -1.97. The molecule has 41 heavy (non-hydrogen) atoms. The number of hydrogen-bond donors (Lipinski definition) is 1. The zero-order valence-corrected chi connectivity index (χ0v) is 22.8. The molecule has 4 aromatic rings. The molecule has 0 spiro atoms. The van der Waals surface area contributed by atoms with E-state index in [1.54, 1.807) is 25.3 Å². The van der Waals surface area contributed by atoms with Crippen LogP contribution < -0.4 is 18.9 Å². The highest BCUT2D eigenvalue weighted by Crippen LogP contribution is 2.60. The third-order valence-corrected chi connectivity index (χ3v) is 8.08. The summed E-state index contributed by atoms with van der Waals surface area (Å²) in [4.78, 5) is 26.7. The number of ether oxygens (including phenoxy) is 4. The zero-order chi connectivity index (χ0) is 28.5. The van der Waals surface area contributed by atoms with Gasteiger partial charge < -0.3 is 24.1 Å². The third kappa shape index (κ3) is 4.78. The summed E-state index contributed by atoms with van der Waals surface area (Å²) in [6, 6.07) is 27.8. The number of aliphatic carboxylic acids is 1. The van der Waals surface area contributed by atoms with Gasteiger partial charge in [0.25, 0.3) is 0 Å². The van der Waals surface area contributed by atoms with Gasteiger partial charge in [-0.05, 0) is 53.4 Å². The Balaban J connectivity index is 1.37. The third-order valence-electron chi connectivity index (χ3n) is 8.08. The lowest BCUT2D eigenvalue weighted by atomic mass is 9.52. The Bertz CT molecular complexity index is 1610. The fourth-order valence-corrected chi connectivity index (χ4v) is 6.24. The minimum Gasteiger partial charge on any atom is -0.496 e. The number of carboxylic acids is 1. The van der Waals surface area contributed by atoms with Crippen LogP contribution in [-0.4, -0.2) is 37.4 Å². The van der Waals surface area contributed by atoms with Gasteiger partial charge in [-0.3, -0.25) is 9.59 Å². The lowest BCUT2D eigenvalue weighted by Crippen LogP contribution is -2.52. The topological polar surface area (TPSA) is 91.3 Å². The Hall–Kier alpha value is -4.78. The average molecular weight is 551 g/mol. The first-order valence-electron chi connectivity index (χ1n) is 13.6. The van der Waals surface area contributed by atoms with Crippen molar-refractivity contribution < 1.29 is 33.6 Å². The molecule has 4 aromatic carbocycles. The average Bonchev–Trinajstić information content (AvgIpc) is 2.97. The summed E-state index contributed by atoms with van der Waals surface area (Å²) in [5, 5.41) is 10.4. The van der Waals surface area contributed by atoms with E-state index in [2.05, 4.69) is 0 Å². The highest BCUT2D eigenvalue weighted by molar-refractivity contribution is 5.86. The van der Waals surface area contributed by atoms with Crippen LogP contribution in [0.15, 0.2) is 91.0 Å². The van der Waals surface area contributed by atoms with Crippen LogP contribution in [0, 0.1) is 18.8 Å². The molecule has 2 aliphatic rings. The highest BCUT2D eigenvalue weighted by atomic mass is 16.6. The molecular weight excluding hydrogens is 520 g/mol. The number of esters is 1. The first-order chi connectivity index (χ1) is 20.0. The van der Waals surface area contributed by atoms with E-state index >= 15 is 0 Å². The fraction of sp³-hybridized carbons (Fsp3) is 0.235. The molecule has 4 atom stereocenters. The molecule has 208 valence electrons. The van der Waals surface area contributed by atoms with Crippen LogP contribution in [0.1, 0.15) is 28.5 Å². The smallest absolute Gasteiger partial charge is 0.315 e. The van der Waals surface area contributed by atoms with Crippen molar-refractivity contribution in [2.75, 3.05) is 20.3 Å². The van der Waals surface area contributed by atoms with Crippen molar-refractivity contribution >= 4 is 11.9 Å². The van der Waals surface area contributed by atoms with Crippen LogP contribution in [0.5, 0.6) is 23.0 Å². The quantitative estimate of drug-likeness (QED) is 0.215. The molecule has 1 saturated carbocycles. The number of methoxy groups -OCH3 is 1. The van der Waals surface area contributed by atoms with Gasteiger partial charge in [-0.1, -0.05) is 66.7 Å². The van der Waals surface area contributed by atoms with Crippen molar-refractivity contribution in [2.45, 2.75) is 18.8 Å². The van der Waals surface area contributed by atoms with Crippen molar-refractivity contribution in [3.63, 3.8) is 0 Å². The summed E-state index contributed by atoms with van der Waals surface area (Å²) in [5.41, 5.74) is 4.08. The van der Waals surface area contributed by atoms with E-state index < -0.39 is 35.6 Å².